The fraction of sp³-hybridized carbons (Fsp3) is 0.786. The Morgan fingerprint density at radius 1 is 0.983 bits per heavy atom. The molecule has 0 aromatic carbocycles. The first-order valence-electron chi connectivity index (χ1n) is 20.6. The van der Waals surface area contributed by atoms with Gasteiger partial charge in [-0.15, -0.1) is 0 Å². The number of ether oxygens (including phenoxy) is 6. The summed E-state index contributed by atoms with van der Waals surface area (Å²) in [4.78, 5) is 95.9. The monoisotopic (exact) mass is 835 g/mol. The maximum absolute atomic E-state index is 15.4. The molecule has 2 aliphatic heterocycles. The number of aliphatic hydroxyl groups excluding tert-OH is 2. The highest BCUT2D eigenvalue weighted by Gasteiger charge is 2.78. The van der Waals surface area contributed by atoms with E-state index in [9.17, 15) is 44.1 Å². The van der Waals surface area contributed by atoms with E-state index in [1.165, 1.54) is 27.7 Å². The van der Waals surface area contributed by atoms with Crippen LogP contribution in [0.1, 0.15) is 114 Å². The molecule has 0 aromatic heterocycles. The van der Waals surface area contributed by atoms with Gasteiger partial charge in [-0.05, 0) is 49.7 Å². The quantitative estimate of drug-likeness (QED) is 0.138. The molecule has 2 heterocycles. The minimum absolute atomic E-state index is 0.0426. The molecule has 12 atom stereocenters. The van der Waals surface area contributed by atoms with Crippen LogP contribution in [0.5, 0.6) is 0 Å². The number of rotatable bonds is 4. The number of hydrogen-bond acceptors (Lipinski definition) is 16. The summed E-state index contributed by atoms with van der Waals surface area (Å²) in [5.41, 5.74) is -8.02. The van der Waals surface area contributed by atoms with Crippen LogP contribution in [0.4, 0.5) is 4.79 Å². The molecule has 0 spiro atoms. The standard InChI is InChI=1S/C42H61NO16/c1-20(2)15-25-31(48)37(51)57-27-18-42(53)35(58-36(50)26(46)16-21(3)13-11-10-12-14-54-38(52)43-25)33-40(9,28(47)17-29-41(33,19-55-29)59-24(6)45)34(49)32(56-23(5)44)30(22(27)4)39(42,7)8/h20-21,25,27-29,31-33,35,47-48,53H,10-19H2,1-9H3,(H,43,52)/t21?,25-,27-,28-,29+,31+,32+,33-,35-,40+,41-,42+/m0/s1. The number of cyclic esters (lactones) is 1. The first kappa shape index (κ1) is 46.1. The Hall–Kier alpha value is -3.93. The van der Waals surface area contributed by atoms with E-state index in [0.29, 0.717) is 25.7 Å². The molecule has 4 fully saturated rings. The van der Waals surface area contributed by atoms with E-state index in [-0.39, 0.29) is 55.5 Å². The van der Waals surface area contributed by atoms with Gasteiger partial charge in [-0.2, -0.15) is 0 Å². The van der Waals surface area contributed by atoms with Crippen LogP contribution in [0, 0.1) is 28.6 Å². The Kier molecular flexibility index (Phi) is 13.5. The smallest absolute Gasteiger partial charge is 0.407 e. The summed E-state index contributed by atoms with van der Waals surface area (Å²) in [6.07, 6.45) is -9.50. The molecule has 0 radical (unpaired) electrons. The van der Waals surface area contributed by atoms with E-state index in [4.69, 9.17) is 28.4 Å². The molecule has 4 N–H and O–H groups in total. The van der Waals surface area contributed by atoms with E-state index in [1.807, 2.05) is 13.8 Å². The zero-order valence-electron chi connectivity index (χ0n) is 35.5. The first-order chi connectivity index (χ1) is 27.4. The molecular formula is C42H61NO16. The van der Waals surface area contributed by atoms with Crippen LogP contribution in [0.3, 0.4) is 0 Å². The fourth-order valence-electron chi connectivity index (χ4n) is 10.2. The van der Waals surface area contributed by atoms with Crippen LogP contribution in [-0.4, -0.2) is 124 Å². The van der Waals surface area contributed by atoms with Crippen LogP contribution in [0.25, 0.3) is 0 Å². The molecule has 17 nitrogen and oxygen atoms in total. The van der Waals surface area contributed by atoms with E-state index in [1.54, 1.807) is 6.92 Å². The summed E-state index contributed by atoms with van der Waals surface area (Å²) in [6.45, 7) is 13.2. The van der Waals surface area contributed by atoms with E-state index < -0.39 is 119 Å². The normalized spacial score (nSPS) is 39.7. The molecule has 5 aliphatic rings. The molecule has 17 heteroatoms. The maximum Gasteiger partial charge on any atom is 0.407 e. The Bertz CT molecular complexity index is 1740. The topological polar surface area (TPSA) is 248 Å². The van der Waals surface area contributed by atoms with Crippen LogP contribution in [-0.2, 0) is 57.2 Å². The summed E-state index contributed by atoms with van der Waals surface area (Å²) in [6, 6.07) is -1.18. The molecule has 1 unspecified atom stereocenters. The predicted molar refractivity (Wildman–Crippen MR) is 204 cm³/mol. The second-order valence-corrected chi connectivity index (χ2v) is 18.4. The van der Waals surface area contributed by atoms with E-state index >= 15 is 4.79 Å². The van der Waals surface area contributed by atoms with Crippen molar-refractivity contribution in [1.29, 1.82) is 0 Å². The minimum atomic E-state index is -2.47. The van der Waals surface area contributed by atoms with Gasteiger partial charge in [0.05, 0.1) is 36.7 Å². The lowest BCUT2D eigenvalue weighted by molar-refractivity contribution is -0.347. The average molecular weight is 836 g/mol. The Balaban J connectivity index is 1.77. The van der Waals surface area contributed by atoms with Gasteiger partial charge in [0.15, 0.2) is 23.6 Å². The van der Waals surface area contributed by atoms with Crippen LogP contribution < -0.4 is 5.32 Å². The lowest BCUT2D eigenvalue weighted by atomic mass is 9.44. The van der Waals surface area contributed by atoms with Gasteiger partial charge in [0.2, 0.25) is 5.78 Å². The molecule has 3 bridgehead atoms. The van der Waals surface area contributed by atoms with Crippen molar-refractivity contribution in [1.82, 2.24) is 5.32 Å². The zero-order valence-corrected chi connectivity index (χ0v) is 35.5. The lowest BCUT2D eigenvalue weighted by Gasteiger charge is -2.67. The zero-order chi connectivity index (χ0) is 44.0. The number of hydrogen-bond donors (Lipinski definition) is 4. The summed E-state index contributed by atoms with van der Waals surface area (Å²) in [5.74, 6) is -8.21. The number of carbonyl (C=O) groups excluding carboxylic acids is 7. The van der Waals surface area contributed by atoms with Crippen molar-refractivity contribution >= 4 is 41.5 Å². The van der Waals surface area contributed by atoms with Gasteiger partial charge in [0.25, 0.3) is 0 Å². The van der Waals surface area contributed by atoms with Crippen molar-refractivity contribution in [2.45, 2.75) is 168 Å². The van der Waals surface area contributed by atoms with Gasteiger partial charge in [-0.3, -0.25) is 19.2 Å². The highest BCUT2D eigenvalue weighted by molar-refractivity contribution is 6.33. The molecule has 5 rings (SSSR count). The molecule has 0 aromatic rings. The molecule has 2 saturated heterocycles. The van der Waals surface area contributed by atoms with E-state index in [0.717, 1.165) is 13.8 Å². The molecule has 2 saturated carbocycles. The first-order valence-corrected chi connectivity index (χ1v) is 20.6. The summed E-state index contributed by atoms with van der Waals surface area (Å²) >= 11 is 0. The molecule has 59 heavy (non-hydrogen) atoms. The Morgan fingerprint density at radius 3 is 2.25 bits per heavy atom. The van der Waals surface area contributed by atoms with Gasteiger partial charge < -0.3 is 49.1 Å². The average Bonchev–Trinajstić information content (AvgIpc) is 3.12. The van der Waals surface area contributed by atoms with Crippen LogP contribution >= 0.6 is 0 Å². The van der Waals surface area contributed by atoms with Crippen molar-refractivity contribution in [2.75, 3.05) is 13.2 Å². The number of carbonyl (C=O) groups is 7. The summed E-state index contributed by atoms with van der Waals surface area (Å²) < 4.78 is 35.1. The van der Waals surface area contributed by atoms with Crippen molar-refractivity contribution < 1.29 is 77.3 Å². The number of alkyl carbamates (subject to hydrolysis) is 1. The number of ketones is 2. The third kappa shape index (κ3) is 8.40. The number of nitrogens with one attached hydrogen (secondary N) is 1. The van der Waals surface area contributed by atoms with Crippen molar-refractivity contribution in [3.05, 3.63) is 11.1 Å². The second kappa shape index (κ2) is 17.2. The van der Waals surface area contributed by atoms with Crippen molar-refractivity contribution in [2.24, 2.45) is 28.6 Å². The molecule has 1 amide bonds. The molecule has 330 valence electrons. The largest absolute Gasteiger partial charge is 0.456 e. The highest BCUT2D eigenvalue weighted by atomic mass is 16.6. The van der Waals surface area contributed by atoms with Crippen molar-refractivity contribution in [3.8, 4) is 0 Å². The Morgan fingerprint density at radius 2 is 1.66 bits per heavy atom. The van der Waals surface area contributed by atoms with Crippen LogP contribution in [0.2, 0.25) is 0 Å². The van der Waals surface area contributed by atoms with Gasteiger partial charge in [-0.25, -0.2) is 14.4 Å². The van der Waals surface area contributed by atoms with Crippen LogP contribution in [0.15, 0.2) is 11.1 Å². The van der Waals surface area contributed by atoms with Crippen molar-refractivity contribution in [3.63, 3.8) is 0 Å². The third-order valence-corrected chi connectivity index (χ3v) is 13.4. The van der Waals surface area contributed by atoms with Gasteiger partial charge in [0.1, 0.15) is 23.9 Å². The third-order valence-electron chi connectivity index (χ3n) is 13.4. The number of fused-ring (bicyclic) bond motifs is 6. The van der Waals surface area contributed by atoms with Gasteiger partial charge >= 0.3 is 30.0 Å². The van der Waals surface area contributed by atoms with Gasteiger partial charge in [0, 0.05) is 38.5 Å². The predicted octanol–water partition coefficient (Wildman–Crippen LogP) is 2.56. The SMILES string of the molecule is CC(=O)O[C@H]1C(=O)[C@@]2(C)[C@H]([C@@H]3OC(=O)C(=O)CC(C)CCCCCOC(=O)N[C@@H](CC(C)C)[C@@H](O)C(=O)O[C@H]4C[C@]3(O)C(C)(C)C1=C4C)[C@]1(OC(C)=O)CO[C@@H]1C[C@@H]2O. The summed E-state index contributed by atoms with van der Waals surface area (Å²) in [7, 11) is 0. The lowest BCUT2D eigenvalue weighted by Crippen LogP contribution is -2.82. The minimum Gasteiger partial charge on any atom is -0.456 e. The maximum atomic E-state index is 15.4. The number of Topliss-reactive ketones (excluding diaryl/α,β-unsaturated/α-hetero) is 2. The fourth-order valence-corrected chi connectivity index (χ4v) is 10.2. The number of aliphatic hydroxyl groups is 3. The number of esters is 4. The summed E-state index contributed by atoms with van der Waals surface area (Å²) in [5, 5.41) is 39.5. The number of amides is 1. The van der Waals surface area contributed by atoms with Gasteiger partial charge in [-0.1, -0.05) is 53.9 Å². The van der Waals surface area contributed by atoms with E-state index in [2.05, 4.69) is 5.32 Å². The Labute approximate surface area is 344 Å². The molecular weight excluding hydrogens is 774 g/mol. The molecule has 3 aliphatic carbocycles. The second-order valence-electron chi connectivity index (χ2n) is 18.4. The highest BCUT2D eigenvalue weighted by Crippen LogP contribution is 2.64.